The van der Waals surface area contributed by atoms with Crippen molar-refractivity contribution in [2.75, 3.05) is 26.7 Å². The number of likely N-dealkylation sites (N-methyl/N-ethyl adjacent to an activating group) is 1. The first-order valence-corrected chi connectivity index (χ1v) is 7.95. The molecule has 1 aromatic rings. The Bertz CT molecular complexity index is 525. The van der Waals surface area contributed by atoms with E-state index in [4.69, 9.17) is 17.3 Å². The quantitative estimate of drug-likeness (QED) is 0.805. The third kappa shape index (κ3) is 4.71. The lowest BCUT2D eigenvalue weighted by Crippen LogP contribution is -3.14. The molecule has 1 aromatic carbocycles. The van der Waals surface area contributed by atoms with Crippen molar-refractivity contribution in [3.8, 4) is 0 Å². The van der Waals surface area contributed by atoms with E-state index in [0.717, 1.165) is 31.5 Å². The van der Waals surface area contributed by atoms with Gasteiger partial charge in [0.2, 0.25) is 5.91 Å². The molecular weight excluding hydrogens is 302 g/mol. The van der Waals surface area contributed by atoms with Gasteiger partial charge in [-0.3, -0.25) is 9.59 Å². The number of halogens is 1. The Morgan fingerprint density at radius 3 is 2.41 bits per heavy atom. The monoisotopic (exact) mass is 324 g/mol. The molecule has 2 rings (SSSR count). The van der Waals surface area contributed by atoms with Crippen molar-refractivity contribution in [1.82, 2.24) is 4.90 Å². The molecule has 2 amide bonds. The molecule has 0 unspecified atom stereocenters. The predicted octanol–water partition coefficient (Wildman–Crippen LogP) is 0.0786. The maximum atomic E-state index is 12.3. The first-order valence-electron chi connectivity index (χ1n) is 7.57. The van der Waals surface area contributed by atoms with Crippen LogP contribution in [0.1, 0.15) is 18.4 Å². The van der Waals surface area contributed by atoms with Crippen molar-refractivity contribution >= 4 is 23.4 Å². The summed E-state index contributed by atoms with van der Waals surface area (Å²) in [5.41, 5.74) is 6.38. The van der Waals surface area contributed by atoms with Gasteiger partial charge >= 0.3 is 0 Å². The lowest BCUT2D eigenvalue weighted by Gasteiger charge is -2.28. The number of likely N-dealkylation sites (tertiary alicyclic amines) is 1. The number of hydrogen-bond acceptors (Lipinski definition) is 2. The summed E-state index contributed by atoms with van der Waals surface area (Å²) < 4.78 is 0. The zero-order chi connectivity index (χ0) is 16.1. The Morgan fingerprint density at radius 2 is 1.86 bits per heavy atom. The van der Waals surface area contributed by atoms with Crippen molar-refractivity contribution in [2.45, 2.75) is 19.4 Å². The van der Waals surface area contributed by atoms with Gasteiger partial charge in [-0.1, -0.05) is 23.7 Å². The number of carbonyl (C=O) groups is 2. The minimum atomic E-state index is -0.217. The molecule has 6 heteroatoms. The Labute approximate surface area is 136 Å². The van der Waals surface area contributed by atoms with Crippen LogP contribution in [-0.4, -0.2) is 43.4 Å². The molecule has 5 nitrogen and oxygen atoms in total. The number of rotatable bonds is 5. The van der Waals surface area contributed by atoms with Crippen LogP contribution in [-0.2, 0) is 16.1 Å². The van der Waals surface area contributed by atoms with E-state index in [9.17, 15) is 9.59 Å². The number of nitrogens with two attached hydrogens (primary N) is 1. The van der Waals surface area contributed by atoms with E-state index in [1.54, 1.807) is 4.90 Å². The second-order valence-corrected chi connectivity index (χ2v) is 6.42. The Kier molecular flexibility index (Phi) is 5.80. The van der Waals surface area contributed by atoms with Crippen LogP contribution in [0.15, 0.2) is 24.3 Å². The Balaban J connectivity index is 1.79. The maximum absolute atomic E-state index is 12.3. The number of quaternary nitrogens is 1. The summed E-state index contributed by atoms with van der Waals surface area (Å²) in [5.74, 6) is -0.127. The molecule has 1 heterocycles. The van der Waals surface area contributed by atoms with Crippen molar-refractivity contribution < 1.29 is 14.5 Å². The van der Waals surface area contributed by atoms with Crippen LogP contribution in [0, 0.1) is 5.92 Å². The lowest BCUT2D eigenvalue weighted by atomic mass is 9.96. The van der Waals surface area contributed by atoms with Crippen LogP contribution in [0.5, 0.6) is 0 Å². The third-order valence-electron chi connectivity index (χ3n) is 4.26. The van der Waals surface area contributed by atoms with Crippen LogP contribution in [0.4, 0.5) is 0 Å². The SMILES string of the molecule is CN(Cc1ccc(Cl)cc1)C(=O)C[NH+]1CCC(C(N)=O)CC1. The molecular formula is C16H23ClN3O2+. The van der Waals surface area contributed by atoms with Gasteiger partial charge in [0, 0.05) is 37.4 Å². The van der Waals surface area contributed by atoms with Gasteiger partial charge in [0.25, 0.3) is 5.91 Å². The van der Waals surface area contributed by atoms with Crippen molar-refractivity contribution in [3.63, 3.8) is 0 Å². The molecule has 1 saturated heterocycles. The molecule has 0 aromatic heterocycles. The molecule has 22 heavy (non-hydrogen) atoms. The summed E-state index contributed by atoms with van der Waals surface area (Å²) >= 11 is 5.86. The number of primary amides is 1. The summed E-state index contributed by atoms with van der Waals surface area (Å²) in [6.45, 7) is 2.70. The average molecular weight is 325 g/mol. The Hall–Kier alpha value is -1.59. The van der Waals surface area contributed by atoms with E-state index in [2.05, 4.69) is 0 Å². The minimum absolute atomic E-state index is 0.0225. The molecule has 0 saturated carbocycles. The summed E-state index contributed by atoms with van der Waals surface area (Å²) in [5, 5.41) is 0.694. The van der Waals surface area contributed by atoms with E-state index >= 15 is 0 Å². The normalized spacial score (nSPS) is 21.4. The van der Waals surface area contributed by atoms with E-state index in [0.29, 0.717) is 18.1 Å². The fraction of sp³-hybridized carbons (Fsp3) is 0.500. The van der Waals surface area contributed by atoms with Gasteiger partial charge in [0.1, 0.15) is 0 Å². The number of piperidine rings is 1. The zero-order valence-electron chi connectivity index (χ0n) is 12.8. The summed E-state index contributed by atoms with van der Waals surface area (Å²) in [7, 11) is 1.81. The smallest absolute Gasteiger partial charge is 0.277 e. The molecule has 0 bridgehead atoms. The maximum Gasteiger partial charge on any atom is 0.277 e. The van der Waals surface area contributed by atoms with Gasteiger partial charge in [-0.15, -0.1) is 0 Å². The van der Waals surface area contributed by atoms with Gasteiger partial charge < -0.3 is 15.5 Å². The molecule has 1 aliphatic rings. The highest BCUT2D eigenvalue weighted by Gasteiger charge is 2.27. The predicted molar refractivity (Wildman–Crippen MR) is 85.4 cm³/mol. The fourth-order valence-electron chi connectivity index (χ4n) is 2.79. The summed E-state index contributed by atoms with van der Waals surface area (Å²) in [4.78, 5) is 26.4. The fourth-order valence-corrected chi connectivity index (χ4v) is 2.91. The molecule has 1 fully saturated rings. The topological polar surface area (TPSA) is 67.8 Å². The highest BCUT2D eigenvalue weighted by Crippen LogP contribution is 2.11. The molecule has 0 aliphatic carbocycles. The van der Waals surface area contributed by atoms with Gasteiger partial charge in [-0.2, -0.15) is 0 Å². The van der Waals surface area contributed by atoms with Crippen LogP contribution in [0.2, 0.25) is 5.02 Å². The summed E-state index contributed by atoms with van der Waals surface area (Å²) in [6, 6.07) is 7.51. The highest BCUT2D eigenvalue weighted by molar-refractivity contribution is 6.30. The van der Waals surface area contributed by atoms with E-state index in [1.807, 2.05) is 31.3 Å². The lowest BCUT2D eigenvalue weighted by molar-refractivity contribution is -0.898. The molecule has 0 spiro atoms. The van der Waals surface area contributed by atoms with Crippen LogP contribution in [0.3, 0.4) is 0 Å². The zero-order valence-corrected chi connectivity index (χ0v) is 13.6. The first kappa shape index (κ1) is 16.8. The first-order chi connectivity index (χ1) is 10.5. The molecule has 3 N–H and O–H groups in total. The number of nitrogens with zero attached hydrogens (tertiary/aromatic N) is 1. The molecule has 120 valence electrons. The van der Waals surface area contributed by atoms with Gasteiger partial charge in [-0.25, -0.2) is 0 Å². The van der Waals surface area contributed by atoms with Crippen molar-refractivity contribution in [3.05, 3.63) is 34.9 Å². The highest BCUT2D eigenvalue weighted by atomic mass is 35.5. The summed E-state index contributed by atoms with van der Waals surface area (Å²) in [6.07, 6.45) is 1.55. The second kappa shape index (κ2) is 7.61. The van der Waals surface area contributed by atoms with Crippen LogP contribution >= 0.6 is 11.6 Å². The number of amides is 2. The molecule has 0 radical (unpaired) electrons. The second-order valence-electron chi connectivity index (χ2n) is 5.98. The molecule has 0 atom stereocenters. The molecule has 1 aliphatic heterocycles. The minimum Gasteiger partial charge on any atom is -0.369 e. The van der Waals surface area contributed by atoms with E-state index < -0.39 is 0 Å². The van der Waals surface area contributed by atoms with E-state index in [1.165, 1.54) is 4.90 Å². The number of carbonyl (C=O) groups excluding carboxylic acids is 2. The van der Waals surface area contributed by atoms with Gasteiger partial charge in [-0.05, 0) is 17.7 Å². The van der Waals surface area contributed by atoms with E-state index in [-0.39, 0.29) is 17.7 Å². The van der Waals surface area contributed by atoms with Crippen LogP contribution in [0.25, 0.3) is 0 Å². The third-order valence-corrected chi connectivity index (χ3v) is 4.51. The number of nitrogens with one attached hydrogen (secondary N) is 1. The number of benzene rings is 1. The van der Waals surface area contributed by atoms with Gasteiger partial charge in [0.05, 0.1) is 13.1 Å². The van der Waals surface area contributed by atoms with Crippen molar-refractivity contribution in [2.24, 2.45) is 11.7 Å². The van der Waals surface area contributed by atoms with Crippen LogP contribution < -0.4 is 10.6 Å². The van der Waals surface area contributed by atoms with Crippen molar-refractivity contribution in [1.29, 1.82) is 0 Å². The largest absolute Gasteiger partial charge is 0.369 e. The number of hydrogen-bond donors (Lipinski definition) is 2. The standard InChI is InChI=1S/C16H22ClN3O2/c1-19(10-12-2-4-14(17)5-3-12)15(21)11-20-8-6-13(7-9-20)16(18)22/h2-5,13H,6-11H2,1H3,(H2,18,22)/p+1. The Morgan fingerprint density at radius 1 is 1.27 bits per heavy atom. The average Bonchev–Trinajstić information content (AvgIpc) is 2.50. The van der Waals surface area contributed by atoms with Gasteiger partial charge in [0.15, 0.2) is 6.54 Å².